The van der Waals surface area contributed by atoms with Crippen LogP contribution < -0.4 is 19.7 Å². The second-order valence-electron chi connectivity index (χ2n) is 10.3. The summed E-state index contributed by atoms with van der Waals surface area (Å²) in [6.45, 7) is 3.77. The summed E-state index contributed by atoms with van der Waals surface area (Å²) < 4.78 is 12.0. The topological polar surface area (TPSA) is 84.9 Å². The molecule has 1 aliphatic rings. The van der Waals surface area contributed by atoms with E-state index in [1.54, 1.807) is 37.3 Å². The number of aryl methyl sites for hydroxylation is 2. The average Bonchev–Trinajstić information content (AvgIpc) is 3.25. The summed E-state index contributed by atoms with van der Waals surface area (Å²) >= 11 is 0. The van der Waals surface area contributed by atoms with Crippen LogP contribution in [0.2, 0.25) is 0 Å². The van der Waals surface area contributed by atoms with Gasteiger partial charge in [0.2, 0.25) is 0 Å². The van der Waals surface area contributed by atoms with E-state index < -0.39 is 11.8 Å². The molecule has 5 aromatic carbocycles. The molecule has 1 N–H and O–H groups in total. The fraction of sp³-hybridized carbons (Fsp3) is 0.0833. The molecule has 5 aromatic rings. The Balaban J connectivity index is 1.16. The molecule has 7 nitrogen and oxygen atoms in total. The number of anilines is 1. The van der Waals surface area contributed by atoms with Crippen molar-refractivity contribution < 1.29 is 23.9 Å². The normalized spacial score (nSPS) is 12.2. The van der Waals surface area contributed by atoms with Gasteiger partial charge in [0, 0.05) is 18.7 Å². The molecule has 0 fully saturated rings. The minimum absolute atomic E-state index is 0.200. The molecule has 0 aliphatic carbocycles. The Labute approximate surface area is 249 Å². The van der Waals surface area contributed by atoms with Crippen molar-refractivity contribution in [3.8, 4) is 34.1 Å². The molecule has 1 heterocycles. The van der Waals surface area contributed by atoms with Crippen molar-refractivity contribution in [2.45, 2.75) is 13.8 Å². The molecule has 0 unspecified atom stereocenters. The third-order valence-electron chi connectivity index (χ3n) is 7.28. The van der Waals surface area contributed by atoms with E-state index in [1.807, 2.05) is 79.7 Å². The number of amides is 3. The summed E-state index contributed by atoms with van der Waals surface area (Å²) in [5, 5.41) is 2.57. The van der Waals surface area contributed by atoms with E-state index in [-0.39, 0.29) is 17.0 Å². The maximum atomic E-state index is 13.3. The molecule has 212 valence electrons. The SMILES string of the molecule is CNC(=O)c1cc2c(cc1C)C(=O)N(c1cccc(Oc3ccc(-c4ccc(Oc5cccc(C)c5)cc4)cc3)c1)C2=O. The Morgan fingerprint density at radius 2 is 1.16 bits per heavy atom. The number of nitrogens with one attached hydrogen (secondary N) is 1. The number of fused-ring (bicyclic) bond motifs is 1. The molecule has 0 atom stereocenters. The Kier molecular flexibility index (Phi) is 7.22. The smallest absolute Gasteiger partial charge is 0.266 e. The summed E-state index contributed by atoms with van der Waals surface area (Å²) in [6.07, 6.45) is 0. The van der Waals surface area contributed by atoms with Gasteiger partial charge >= 0.3 is 0 Å². The highest BCUT2D eigenvalue weighted by Gasteiger charge is 2.38. The maximum Gasteiger partial charge on any atom is 0.266 e. The average molecular weight is 569 g/mol. The van der Waals surface area contributed by atoms with Gasteiger partial charge in [0.15, 0.2) is 0 Å². The molecule has 0 radical (unpaired) electrons. The molecule has 0 aromatic heterocycles. The van der Waals surface area contributed by atoms with Crippen molar-refractivity contribution in [1.29, 1.82) is 0 Å². The van der Waals surface area contributed by atoms with E-state index in [0.29, 0.717) is 28.3 Å². The first-order chi connectivity index (χ1) is 20.8. The van der Waals surface area contributed by atoms with Gasteiger partial charge in [-0.3, -0.25) is 14.4 Å². The largest absolute Gasteiger partial charge is 0.457 e. The molecule has 0 bridgehead atoms. The highest BCUT2D eigenvalue weighted by molar-refractivity contribution is 6.34. The fourth-order valence-corrected chi connectivity index (χ4v) is 5.08. The van der Waals surface area contributed by atoms with Crippen molar-refractivity contribution in [3.63, 3.8) is 0 Å². The van der Waals surface area contributed by atoms with Gasteiger partial charge in [0.1, 0.15) is 23.0 Å². The molecular formula is C36H28N2O5. The minimum atomic E-state index is -0.484. The Bertz CT molecular complexity index is 1880. The summed E-state index contributed by atoms with van der Waals surface area (Å²) in [6, 6.07) is 33.4. The van der Waals surface area contributed by atoms with Gasteiger partial charge in [0.25, 0.3) is 17.7 Å². The predicted octanol–water partition coefficient (Wildman–Crippen LogP) is 7.72. The van der Waals surface area contributed by atoms with Gasteiger partial charge in [0.05, 0.1) is 16.8 Å². The first-order valence-electron chi connectivity index (χ1n) is 13.8. The highest BCUT2D eigenvalue weighted by atomic mass is 16.5. The van der Waals surface area contributed by atoms with Crippen LogP contribution in [0.4, 0.5) is 5.69 Å². The monoisotopic (exact) mass is 568 g/mol. The van der Waals surface area contributed by atoms with Crippen LogP contribution >= 0.6 is 0 Å². The number of hydrogen-bond acceptors (Lipinski definition) is 5. The van der Waals surface area contributed by atoms with Gasteiger partial charge in [-0.2, -0.15) is 0 Å². The number of carbonyl (C=O) groups excluding carboxylic acids is 3. The molecule has 0 spiro atoms. The van der Waals surface area contributed by atoms with Gasteiger partial charge < -0.3 is 14.8 Å². The predicted molar refractivity (Wildman–Crippen MR) is 165 cm³/mol. The lowest BCUT2D eigenvalue weighted by atomic mass is 10.00. The summed E-state index contributed by atoms with van der Waals surface area (Å²) in [4.78, 5) is 39.9. The molecular weight excluding hydrogens is 540 g/mol. The van der Waals surface area contributed by atoms with Crippen molar-refractivity contribution in [2.75, 3.05) is 11.9 Å². The summed E-state index contributed by atoms with van der Waals surface area (Å²) in [7, 11) is 1.52. The highest BCUT2D eigenvalue weighted by Crippen LogP contribution is 2.34. The lowest BCUT2D eigenvalue weighted by Gasteiger charge is -2.15. The van der Waals surface area contributed by atoms with Gasteiger partial charge in [-0.25, -0.2) is 4.90 Å². The quantitative estimate of drug-likeness (QED) is 0.203. The van der Waals surface area contributed by atoms with Crippen LogP contribution in [0.1, 0.15) is 42.2 Å². The van der Waals surface area contributed by atoms with Crippen molar-refractivity contribution in [1.82, 2.24) is 5.32 Å². The van der Waals surface area contributed by atoms with Crippen molar-refractivity contribution in [3.05, 3.63) is 137 Å². The van der Waals surface area contributed by atoms with Gasteiger partial charge in [-0.15, -0.1) is 0 Å². The first kappa shape index (κ1) is 27.5. The minimum Gasteiger partial charge on any atom is -0.457 e. The van der Waals surface area contributed by atoms with Crippen LogP contribution in [-0.4, -0.2) is 24.8 Å². The number of ether oxygens (including phenoxy) is 2. The van der Waals surface area contributed by atoms with Crippen molar-refractivity contribution >= 4 is 23.4 Å². The fourth-order valence-electron chi connectivity index (χ4n) is 5.08. The second-order valence-corrected chi connectivity index (χ2v) is 10.3. The van der Waals surface area contributed by atoms with Crippen LogP contribution in [0.5, 0.6) is 23.0 Å². The molecule has 7 heteroatoms. The van der Waals surface area contributed by atoms with Crippen molar-refractivity contribution in [2.24, 2.45) is 0 Å². The number of carbonyl (C=O) groups is 3. The van der Waals surface area contributed by atoms with E-state index in [4.69, 9.17) is 9.47 Å². The second kappa shape index (κ2) is 11.3. The summed E-state index contributed by atoms with van der Waals surface area (Å²) in [5.41, 5.74) is 5.01. The van der Waals surface area contributed by atoms with E-state index >= 15 is 0 Å². The van der Waals surface area contributed by atoms with Crippen LogP contribution in [-0.2, 0) is 0 Å². The first-order valence-corrected chi connectivity index (χ1v) is 13.8. The van der Waals surface area contributed by atoms with Crippen LogP contribution in [0, 0.1) is 13.8 Å². The van der Waals surface area contributed by atoms with E-state index in [9.17, 15) is 14.4 Å². The number of nitrogens with zero attached hydrogens (tertiary/aromatic N) is 1. The third kappa shape index (κ3) is 5.48. The lowest BCUT2D eigenvalue weighted by Crippen LogP contribution is -2.29. The number of rotatable bonds is 7. The van der Waals surface area contributed by atoms with Crippen LogP contribution in [0.15, 0.2) is 109 Å². The zero-order valence-corrected chi connectivity index (χ0v) is 23.9. The molecule has 3 amide bonds. The molecule has 1 aliphatic heterocycles. The number of imide groups is 1. The Hall–Kier alpha value is -5.69. The number of benzene rings is 5. The Morgan fingerprint density at radius 3 is 1.72 bits per heavy atom. The molecule has 6 rings (SSSR count). The zero-order valence-electron chi connectivity index (χ0n) is 23.9. The lowest BCUT2D eigenvalue weighted by molar-refractivity contribution is 0.0924. The third-order valence-corrected chi connectivity index (χ3v) is 7.28. The molecule has 0 saturated heterocycles. The van der Waals surface area contributed by atoms with Crippen LogP contribution in [0.3, 0.4) is 0 Å². The van der Waals surface area contributed by atoms with E-state index in [2.05, 4.69) is 5.32 Å². The van der Waals surface area contributed by atoms with Gasteiger partial charge in [-0.1, -0.05) is 42.5 Å². The van der Waals surface area contributed by atoms with Gasteiger partial charge in [-0.05, 0) is 96.8 Å². The molecule has 0 saturated carbocycles. The molecule has 43 heavy (non-hydrogen) atoms. The maximum absolute atomic E-state index is 13.3. The van der Waals surface area contributed by atoms with E-state index in [1.165, 1.54) is 13.1 Å². The standard InChI is InChI=1S/C36H28N2O5/c1-22-6-4-8-29(18-22)42-27-14-10-24(11-15-27)25-12-16-28(17-13-25)43-30-9-5-7-26(20-30)38-35(40)32-19-23(2)31(34(39)37-3)21-33(32)36(38)41/h4-21H,1-3H3,(H,37,39). The van der Waals surface area contributed by atoms with Crippen LogP contribution in [0.25, 0.3) is 11.1 Å². The Morgan fingerprint density at radius 1 is 0.628 bits per heavy atom. The summed E-state index contributed by atoms with van der Waals surface area (Å²) in [5.74, 6) is 1.39. The van der Waals surface area contributed by atoms with E-state index in [0.717, 1.165) is 33.1 Å². The zero-order chi connectivity index (χ0) is 30.1. The number of hydrogen-bond donors (Lipinski definition) is 1.